The number of rotatable bonds is 12. The minimum Gasteiger partial charge on any atom is -0.360 e. The van der Waals surface area contributed by atoms with Gasteiger partial charge in [0, 0.05) is 39.0 Å². The molecule has 0 bridgehead atoms. The zero-order valence-electron chi connectivity index (χ0n) is 18.8. The second-order valence-corrected chi connectivity index (χ2v) is 13.8. The molecule has 172 valence electrons. The summed E-state index contributed by atoms with van der Waals surface area (Å²) >= 11 is 0. The Kier molecular flexibility index (Phi) is 9.05. The van der Waals surface area contributed by atoms with Gasteiger partial charge in [-0.25, -0.2) is 17.9 Å². The van der Waals surface area contributed by atoms with E-state index in [1.54, 1.807) is 0 Å². The molecule has 0 N–H and O–H groups in total. The molecule has 5 nitrogen and oxygen atoms in total. The molecule has 0 unspecified atom stereocenters. The molecule has 0 amide bonds. The Balaban J connectivity index is 2.54. The number of aromatic nitrogens is 2. The summed E-state index contributed by atoms with van der Waals surface area (Å²) in [5.41, 5.74) is 1.35. The van der Waals surface area contributed by atoms with Crippen LogP contribution in [0.4, 0.5) is 13.2 Å². The average Bonchev–Trinajstić information content (AvgIpc) is 3.06. The zero-order valence-corrected chi connectivity index (χ0v) is 19.8. The molecule has 0 fully saturated rings. The first-order valence-electron chi connectivity index (χ1n) is 10.3. The highest BCUT2D eigenvalue weighted by atomic mass is 28.3. The van der Waals surface area contributed by atoms with Gasteiger partial charge in [-0.15, -0.1) is 0 Å². The third kappa shape index (κ3) is 6.52. The van der Waals surface area contributed by atoms with Gasteiger partial charge in [0.25, 0.3) is 0 Å². The van der Waals surface area contributed by atoms with Crippen LogP contribution in [0.2, 0.25) is 25.7 Å². The Bertz CT molecular complexity index is 868. The van der Waals surface area contributed by atoms with Gasteiger partial charge in [-0.1, -0.05) is 32.3 Å². The van der Waals surface area contributed by atoms with E-state index in [1.807, 2.05) is 13.8 Å². The molecule has 2 rings (SSSR count). The monoisotopic (exact) mass is 456 g/mol. The van der Waals surface area contributed by atoms with Crippen LogP contribution in [0.25, 0.3) is 17.3 Å². The third-order valence-electron chi connectivity index (χ3n) is 4.55. The highest BCUT2D eigenvalue weighted by Gasteiger charge is 2.26. The summed E-state index contributed by atoms with van der Waals surface area (Å²) in [6.07, 6.45) is 0.723. The molecule has 1 aromatic carbocycles. The molecule has 0 aliphatic heterocycles. The van der Waals surface area contributed by atoms with E-state index in [4.69, 9.17) is 14.2 Å². The lowest BCUT2D eigenvalue weighted by molar-refractivity contribution is -0.143. The van der Waals surface area contributed by atoms with Crippen molar-refractivity contribution >= 4 is 14.1 Å². The molecule has 2 aromatic rings. The van der Waals surface area contributed by atoms with E-state index in [0.29, 0.717) is 36.8 Å². The second kappa shape index (κ2) is 11.1. The van der Waals surface area contributed by atoms with Crippen molar-refractivity contribution in [3.8, 4) is 11.3 Å². The van der Waals surface area contributed by atoms with Crippen molar-refractivity contribution in [3.05, 3.63) is 47.4 Å². The highest BCUT2D eigenvalue weighted by Crippen LogP contribution is 2.34. The fourth-order valence-electron chi connectivity index (χ4n) is 3.00. The summed E-state index contributed by atoms with van der Waals surface area (Å²) in [7, 11) is -1.30. The lowest BCUT2D eigenvalue weighted by atomic mass is 10.0. The van der Waals surface area contributed by atoms with Crippen LogP contribution in [0.3, 0.4) is 0 Å². The molecule has 0 radical (unpaired) electrons. The number of nitrogens with zero attached hydrogens (tertiary/aromatic N) is 2. The molecular formula is C22H31F3N2O3Si. The van der Waals surface area contributed by atoms with Crippen LogP contribution in [0.5, 0.6) is 0 Å². The lowest BCUT2D eigenvalue weighted by Crippen LogP contribution is -2.22. The summed E-state index contributed by atoms with van der Waals surface area (Å²) in [5, 5.41) is 4.55. The summed E-state index contributed by atoms with van der Waals surface area (Å²) in [6.45, 7) is 15.5. The van der Waals surface area contributed by atoms with E-state index in [2.05, 4.69) is 31.3 Å². The number of hydrogen-bond acceptors (Lipinski definition) is 4. The molecule has 0 saturated heterocycles. The van der Waals surface area contributed by atoms with E-state index in [0.717, 1.165) is 18.2 Å². The fraction of sp³-hybridized carbons (Fsp3) is 0.500. The number of halogens is 3. The first-order chi connectivity index (χ1) is 14.6. The molecule has 0 atom stereocenters. The van der Waals surface area contributed by atoms with Crippen molar-refractivity contribution in [1.29, 1.82) is 0 Å². The third-order valence-corrected chi connectivity index (χ3v) is 6.25. The van der Waals surface area contributed by atoms with Crippen LogP contribution in [-0.4, -0.2) is 37.7 Å². The van der Waals surface area contributed by atoms with Gasteiger partial charge in [0.05, 0.1) is 5.69 Å². The van der Waals surface area contributed by atoms with Gasteiger partial charge in [-0.05, 0) is 32.0 Å². The SMILES string of the molecule is C=Cc1c(C(OCC)OCC)nn(COCC[Si](C)(C)C)c1-c1cc(F)c(F)c(F)c1. The molecule has 0 spiro atoms. The van der Waals surface area contributed by atoms with Gasteiger partial charge >= 0.3 is 0 Å². The number of hydrogen-bond donors (Lipinski definition) is 0. The summed E-state index contributed by atoms with van der Waals surface area (Å²) in [4.78, 5) is 0. The van der Waals surface area contributed by atoms with Crippen molar-refractivity contribution in [2.24, 2.45) is 0 Å². The highest BCUT2D eigenvalue weighted by molar-refractivity contribution is 6.76. The maximum absolute atomic E-state index is 14.0. The standard InChI is InChI=1S/C22H31F3N2O3Si/c1-7-16-20(22(29-8-2)30-9-3)26-27(14-28-10-11-31(4,5)6)21(16)15-12-17(23)19(25)18(24)13-15/h7,12-13,22H,1,8-11,14H2,2-6H3. The minimum absolute atomic E-state index is 0.0479. The average molecular weight is 457 g/mol. The molecule has 9 heteroatoms. The fourth-order valence-corrected chi connectivity index (χ4v) is 3.75. The van der Waals surface area contributed by atoms with Crippen molar-refractivity contribution in [1.82, 2.24) is 9.78 Å². The second-order valence-electron chi connectivity index (χ2n) is 8.20. The lowest BCUT2D eigenvalue weighted by Gasteiger charge is -2.16. The minimum atomic E-state index is -1.52. The van der Waals surface area contributed by atoms with E-state index >= 15 is 0 Å². The van der Waals surface area contributed by atoms with Gasteiger partial charge < -0.3 is 14.2 Å². The smallest absolute Gasteiger partial charge is 0.203 e. The van der Waals surface area contributed by atoms with Gasteiger partial charge in [0.1, 0.15) is 12.4 Å². The van der Waals surface area contributed by atoms with Crippen molar-refractivity contribution in [2.75, 3.05) is 19.8 Å². The molecular weight excluding hydrogens is 425 g/mol. The first kappa shape index (κ1) is 25.3. The van der Waals surface area contributed by atoms with E-state index in [-0.39, 0.29) is 12.3 Å². The van der Waals surface area contributed by atoms with Crippen LogP contribution in [0.15, 0.2) is 18.7 Å². The van der Waals surface area contributed by atoms with Crippen LogP contribution >= 0.6 is 0 Å². The normalized spacial score (nSPS) is 12.0. The molecule has 1 aromatic heterocycles. The van der Waals surface area contributed by atoms with Crippen LogP contribution in [0.1, 0.15) is 31.4 Å². The predicted molar refractivity (Wildman–Crippen MR) is 118 cm³/mol. The van der Waals surface area contributed by atoms with Crippen molar-refractivity contribution < 1.29 is 27.4 Å². The summed E-state index contributed by atoms with van der Waals surface area (Å²) < 4.78 is 60.2. The maximum atomic E-state index is 14.0. The summed E-state index contributed by atoms with van der Waals surface area (Å²) in [6, 6.07) is 2.81. The largest absolute Gasteiger partial charge is 0.360 e. The number of benzene rings is 1. The quantitative estimate of drug-likeness (QED) is 0.170. The van der Waals surface area contributed by atoms with E-state index in [1.165, 1.54) is 10.8 Å². The molecule has 0 saturated carbocycles. The van der Waals surface area contributed by atoms with Crippen molar-refractivity contribution in [2.45, 2.75) is 52.6 Å². The first-order valence-corrected chi connectivity index (χ1v) is 14.0. The van der Waals surface area contributed by atoms with Gasteiger partial charge in [0.2, 0.25) is 6.29 Å². The Labute approximate surface area is 182 Å². The topological polar surface area (TPSA) is 45.5 Å². The van der Waals surface area contributed by atoms with Crippen LogP contribution < -0.4 is 0 Å². The Hall–Kier alpha value is -1.94. The van der Waals surface area contributed by atoms with Gasteiger partial charge in [0.15, 0.2) is 17.5 Å². The van der Waals surface area contributed by atoms with Crippen molar-refractivity contribution in [3.63, 3.8) is 0 Å². The Morgan fingerprint density at radius 1 is 1.10 bits per heavy atom. The van der Waals surface area contributed by atoms with E-state index < -0.39 is 31.8 Å². The number of ether oxygens (including phenoxy) is 3. The van der Waals surface area contributed by atoms with Crippen LogP contribution in [0, 0.1) is 17.5 Å². The molecule has 31 heavy (non-hydrogen) atoms. The molecule has 1 heterocycles. The molecule has 0 aliphatic carbocycles. The van der Waals surface area contributed by atoms with Gasteiger partial charge in [-0.2, -0.15) is 5.10 Å². The Morgan fingerprint density at radius 3 is 2.16 bits per heavy atom. The van der Waals surface area contributed by atoms with Gasteiger partial charge in [-0.3, -0.25) is 0 Å². The predicted octanol–water partition coefficient (Wildman–Crippen LogP) is 5.99. The van der Waals surface area contributed by atoms with Crippen LogP contribution in [-0.2, 0) is 20.9 Å². The Morgan fingerprint density at radius 2 is 1.68 bits per heavy atom. The summed E-state index contributed by atoms with van der Waals surface area (Å²) in [5.74, 6) is -4.10. The molecule has 0 aliphatic rings. The van der Waals surface area contributed by atoms with E-state index in [9.17, 15) is 13.2 Å². The zero-order chi connectivity index (χ0) is 23.2. The maximum Gasteiger partial charge on any atom is 0.203 e.